The summed E-state index contributed by atoms with van der Waals surface area (Å²) in [7, 11) is 0. The summed E-state index contributed by atoms with van der Waals surface area (Å²) < 4.78 is 7.92. The second-order valence-electron chi connectivity index (χ2n) is 6.43. The molecule has 2 aromatic rings. The van der Waals surface area contributed by atoms with Gasteiger partial charge in [0, 0.05) is 12.0 Å². The van der Waals surface area contributed by atoms with Crippen LogP contribution < -0.4 is 0 Å². The van der Waals surface area contributed by atoms with Crippen LogP contribution in [-0.2, 0) is 10.2 Å². The molecule has 3 nitrogen and oxygen atoms in total. The number of fused-ring (bicyclic) bond motifs is 1. The lowest BCUT2D eigenvalue weighted by Crippen LogP contribution is -2.19. The van der Waals surface area contributed by atoms with E-state index in [1.54, 1.807) is 0 Å². The Bertz CT molecular complexity index is 574. The van der Waals surface area contributed by atoms with E-state index in [-0.39, 0.29) is 11.6 Å². The average molecular weight is 258 g/mol. The molecule has 1 saturated heterocycles. The summed E-state index contributed by atoms with van der Waals surface area (Å²) in [5.41, 5.74) is 2.70. The number of nitrogens with zero attached hydrogens (tertiary/aromatic N) is 2. The monoisotopic (exact) mass is 258 g/mol. The molecule has 1 aliphatic heterocycles. The lowest BCUT2D eigenvalue weighted by molar-refractivity contribution is -0.0366. The number of rotatable bonds is 1. The highest BCUT2D eigenvalue weighted by molar-refractivity contribution is 5.79. The first kappa shape index (κ1) is 12.7. The standard InChI is InChI=1S/C16H22N2O/c1-16(2,3)13-8-7-12-11-17-18(14(12)10-13)15-6-4-5-9-19-15/h7-8,10-11,15H,4-6,9H2,1-3H3. The van der Waals surface area contributed by atoms with Crippen molar-refractivity contribution in [2.45, 2.75) is 51.7 Å². The van der Waals surface area contributed by atoms with Crippen molar-refractivity contribution in [1.82, 2.24) is 9.78 Å². The molecule has 1 unspecified atom stereocenters. The Morgan fingerprint density at radius 1 is 1.26 bits per heavy atom. The highest BCUT2D eigenvalue weighted by atomic mass is 16.5. The summed E-state index contributed by atoms with van der Waals surface area (Å²) >= 11 is 0. The summed E-state index contributed by atoms with van der Waals surface area (Å²) in [6, 6.07) is 6.64. The van der Waals surface area contributed by atoms with E-state index in [0.29, 0.717) is 0 Å². The molecule has 3 heteroatoms. The van der Waals surface area contributed by atoms with Crippen molar-refractivity contribution in [3.8, 4) is 0 Å². The summed E-state index contributed by atoms with van der Waals surface area (Å²) in [5.74, 6) is 0. The zero-order valence-corrected chi connectivity index (χ0v) is 12.0. The third kappa shape index (κ3) is 2.39. The molecule has 1 atom stereocenters. The van der Waals surface area contributed by atoms with Gasteiger partial charge in [0.05, 0.1) is 11.7 Å². The highest BCUT2D eigenvalue weighted by Crippen LogP contribution is 2.29. The van der Waals surface area contributed by atoms with Gasteiger partial charge in [-0.05, 0) is 36.3 Å². The van der Waals surface area contributed by atoms with Crippen LogP contribution in [0.25, 0.3) is 10.9 Å². The minimum atomic E-state index is 0.112. The first-order chi connectivity index (χ1) is 9.05. The molecule has 0 saturated carbocycles. The molecule has 19 heavy (non-hydrogen) atoms. The Kier molecular flexibility index (Phi) is 3.09. The smallest absolute Gasteiger partial charge is 0.150 e. The minimum absolute atomic E-state index is 0.112. The van der Waals surface area contributed by atoms with E-state index in [2.05, 4.69) is 48.8 Å². The fourth-order valence-electron chi connectivity index (χ4n) is 2.65. The van der Waals surface area contributed by atoms with Crippen molar-refractivity contribution in [2.75, 3.05) is 6.61 Å². The molecule has 102 valence electrons. The summed E-state index contributed by atoms with van der Waals surface area (Å²) in [6.45, 7) is 7.58. The predicted octanol–water partition coefficient (Wildman–Crippen LogP) is 4.03. The van der Waals surface area contributed by atoms with E-state index in [1.807, 2.05) is 6.20 Å². The molecule has 0 radical (unpaired) electrons. The SMILES string of the molecule is CC(C)(C)c1ccc2cnn(C3CCCCO3)c2c1. The third-order valence-corrected chi connectivity index (χ3v) is 3.89. The quantitative estimate of drug-likeness (QED) is 0.772. The van der Waals surface area contributed by atoms with Crippen molar-refractivity contribution in [3.05, 3.63) is 30.0 Å². The van der Waals surface area contributed by atoms with Crippen molar-refractivity contribution < 1.29 is 4.74 Å². The second kappa shape index (κ2) is 4.64. The van der Waals surface area contributed by atoms with Crippen molar-refractivity contribution in [1.29, 1.82) is 0 Å². The minimum Gasteiger partial charge on any atom is -0.356 e. The van der Waals surface area contributed by atoms with Crippen LogP contribution in [0, 0.1) is 0 Å². The van der Waals surface area contributed by atoms with Crippen molar-refractivity contribution in [3.63, 3.8) is 0 Å². The van der Waals surface area contributed by atoms with Crippen LogP contribution in [0.5, 0.6) is 0 Å². The van der Waals surface area contributed by atoms with Crippen molar-refractivity contribution in [2.24, 2.45) is 0 Å². The zero-order valence-electron chi connectivity index (χ0n) is 12.0. The number of aromatic nitrogens is 2. The molecule has 0 spiro atoms. The maximum Gasteiger partial charge on any atom is 0.150 e. The maximum atomic E-state index is 5.86. The topological polar surface area (TPSA) is 27.1 Å². The van der Waals surface area contributed by atoms with E-state index in [4.69, 9.17) is 4.74 Å². The third-order valence-electron chi connectivity index (χ3n) is 3.89. The van der Waals surface area contributed by atoms with Crippen molar-refractivity contribution >= 4 is 10.9 Å². The summed E-state index contributed by atoms with van der Waals surface area (Å²) in [4.78, 5) is 0. The second-order valence-corrected chi connectivity index (χ2v) is 6.43. The lowest BCUT2D eigenvalue weighted by atomic mass is 9.87. The van der Waals surface area contributed by atoms with Gasteiger partial charge in [0.2, 0.25) is 0 Å². The molecular weight excluding hydrogens is 236 g/mol. The van der Waals surface area contributed by atoms with Crippen LogP contribution in [0.1, 0.15) is 51.8 Å². The molecule has 0 aliphatic carbocycles. The van der Waals surface area contributed by atoms with Gasteiger partial charge in [-0.25, -0.2) is 4.68 Å². The molecule has 0 bridgehead atoms. The van der Waals surface area contributed by atoms with E-state index in [1.165, 1.54) is 29.3 Å². The predicted molar refractivity (Wildman–Crippen MR) is 77.3 cm³/mol. The summed E-state index contributed by atoms with van der Waals surface area (Å²) in [5, 5.41) is 5.73. The zero-order chi connectivity index (χ0) is 13.5. The van der Waals surface area contributed by atoms with Gasteiger partial charge < -0.3 is 4.74 Å². The van der Waals surface area contributed by atoms with Gasteiger partial charge in [0.25, 0.3) is 0 Å². The van der Waals surface area contributed by atoms with Gasteiger partial charge in [-0.15, -0.1) is 0 Å². The number of hydrogen-bond donors (Lipinski definition) is 0. The van der Waals surface area contributed by atoms with E-state index in [0.717, 1.165) is 13.0 Å². The maximum absolute atomic E-state index is 5.86. The Morgan fingerprint density at radius 3 is 2.79 bits per heavy atom. The first-order valence-electron chi connectivity index (χ1n) is 7.15. The van der Waals surface area contributed by atoms with Gasteiger partial charge in [-0.3, -0.25) is 0 Å². The number of ether oxygens (including phenoxy) is 1. The van der Waals surface area contributed by atoms with Gasteiger partial charge in [-0.2, -0.15) is 5.10 Å². The largest absolute Gasteiger partial charge is 0.356 e. The Balaban J connectivity index is 2.05. The number of hydrogen-bond acceptors (Lipinski definition) is 2. The Hall–Kier alpha value is -1.35. The van der Waals surface area contributed by atoms with Crippen LogP contribution >= 0.6 is 0 Å². The van der Waals surface area contributed by atoms with E-state index < -0.39 is 0 Å². The molecule has 0 amide bonds. The summed E-state index contributed by atoms with van der Waals surface area (Å²) in [6.07, 6.45) is 5.52. The van der Waals surface area contributed by atoms with Crippen LogP contribution in [-0.4, -0.2) is 16.4 Å². The van der Waals surface area contributed by atoms with E-state index >= 15 is 0 Å². The fraction of sp³-hybridized carbons (Fsp3) is 0.562. The van der Waals surface area contributed by atoms with Gasteiger partial charge in [0.1, 0.15) is 0 Å². The number of benzene rings is 1. The van der Waals surface area contributed by atoms with Crippen LogP contribution in [0.4, 0.5) is 0 Å². The molecule has 1 fully saturated rings. The Morgan fingerprint density at radius 2 is 2.11 bits per heavy atom. The molecule has 3 rings (SSSR count). The average Bonchev–Trinajstić information content (AvgIpc) is 2.81. The molecule has 1 aliphatic rings. The molecule has 0 N–H and O–H groups in total. The van der Waals surface area contributed by atoms with Crippen LogP contribution in [0.2, 0.25) is 0 Å². The molecule has 2 heterocycles. The molecular formula is C16H22N2O. The fourth-order valence-corrected chi connectivity index (χ4v) is 2.65. The highest BCUT2D eigenvalue weighted by Gasteiger charge is 2.20. The van der Waals surface area contributed by atoms with Crippen LogP contribution in [0.3, 0.4) is 0 Å². The van der Waals surface area contributed by atoms with Crippen LogP contribution in [0.15, 0.2) is 24.4 Å². The van der Waals surface area contributed by atoms with Gasteiger partial charge >= 0.3 is 0 Å². The Labute approximate surface area is 114 Å². The van der Waals surface area contributed by atoms with Gasteiger partial charge in [-0.1, -0.05) is 32.9 Å². The molecule has 1 aromatic heterocycles. The lowest BCUT2D eigenvalue weighted by Gasteiger charge is -2.24. The molecule has 1 aromatic carbocycles. The normalized spacial score (nSPS) is 20.9. The van der Waals surface area contributed by atoms with E-state index in [9.17, 15) is 0 Å². The van der Waals surface area contributed by atoms with Gasteiger partial charge in [0.15, 0.2) is 6.23 Å². The first-order valence-corrected chi connectivity index (χ1v) is 7.15.